The molecule has 2 aromatic rings. The minimum Gasteiger partial charge on any atom is -0.489 e. The fraction of sp³-hybridized carbons (Fsp3) is 0.617. The molecule has 2 N–H and O–H groups in total. The molecule has 1 heterocycles. The molecule has 1 aliphatic heterocycles. The molecule has 0 saturated heterocycles. The van der Waals surface area contributed by atoms with E-state index in [0.29, 0.717) is 42.9 Å². The summed E-state index contributed by atoms with van der Waals surface area (Å²) < 4.78 is 41.4. The summed E-state index contributed by atoms with van der Waals surface area (Å²) in [4.78, 5) is 22.4. The molecule has 1 fully saturated rings. The van der Waals surface area contributed by atoms with Gasteiger partial charge in [-0.25, -0.2) is 9.18 Å². The maximum absolute atomic E-state index is 14.7. The highest BCUT2D eigenvalue weighted by Crippen LogP contribution is 2.62. The second-order valence-electron chi connectivity index (χ2n) is 18.2. The van der Waals surface area contributed by atoms with Crippen LogP contribution in [0.2, 0.25) is 0 Å². The Labute approximate surface area is 345 Å². The highest BCUT2D eigenvalue weighted by molar-refractivity contribution is 6.03. The molecular formula is C47H67FN2O8. The van der Waals surface area contributed by atoms with Gasteiger partial charge < -0.3 is 34.0 Å². The van der Waals surface area contributed by atoms with Gasteiger partial charge in [0.1, 0.15) is 35.6 Å². The molecule has 2 aliphatic carbocycles. The van der Waals surface area contributed by atoms with Crippen molar-refractivity contribution in [1.29, 1.82) is 0 Å². The Morgan fingerprint density at radius 3 is 2.43 bits per heavy atom. The first-order valence-electron chi connectivity index (χ1n) is 21.2. The molecule has 10 nitrogen and oxygen atoms in total. The first-order valence-corrected chi connectivity index (χ1v) is 21.2. The third-order valence-electron chi connectivity index (χ3n) is 11.1. The van der Waals surface area contributed by atoms with Crippen LogP contribution in [-0.4, -0.2) is 77.3 Å². The van der Waals surface area contributed by atoms with Gasteiger partial charge in [0.25, 0.3) is 0 Å². The van der Waals surface area contributed by atoms with Crippen molar-refractivity contribution in [2.45, 2.75) is 130 Å². The molecule has 0 bridgehead atoms. The van der Waals surface area contributed by atoms with Crippen LogP contribution in [0.15, 0.2) is 71.9 Å². The Kier molecular flexibility index (Phi) is 15.5. The van der Waals surface area contributed by atoms with Crippen LogP contribution in [0.25, 0.3) is 0 Å². The third kappa shape index (κ3) is 10.8. The number of carbonyl (C=O) groups is 1. The van der Waals surface area contributed by atoms with Crippen LogP contribution in [-0.2, 0) is 20.9 Å². The summed E-state index contributed by atoms with van der Waals surface area (Å²) in [6.45, 7) is 19.0. The predicted octanol–water partition coefficient (Wildman–Crippen LogP) is 9.73. The standard InChI is InChI=1S/C47H67FN2O8/c1-9-23-50(44(53)55-31-45(3,4)5)41-29-39(49-58-46(6,7)8)36-27-32(17-13-15-24-51)35(19-14-16-25-52)42-37-28-34(54-30-33-18-11-12-20-38(33)48)21-22-40(37)57-47(41,43(36)42)56-26-10-2/h10-12,18,20-22,27-28,32,35,41-43,51-52H,2,9,13-17,19,23-26,29-31H2,1,3-8H3. The molecular weight excluding hydrogens is 740 g/mol. The smallest absolute Gasteiger partial charge is 0.410 e. The number of rotatable bonds is 19. The topological polar surface area (TPSA) is 119 Å². The number of ether oxygens (including phenoxy) is 4. The number of aliphatic hydroxyl groups is 2. The number of carbonyl (C=O) groups excluding carboxylic acids is 1. The molecule has 6 unspecified atom stereocenters. The second kappa shape index (κ2) is 19.9. The predicted molar refractivity (Wildman–Crippen MR) is 224 cm³/mol. The van der Waals surface area contributed by atoms with Gasteiger partial charge in [-0.15, -0.1) is 6.58 Å². The van der Waals surface area contributed by atoms with Crippen LogP contribution in [0.5, 0.6) is 11.5 Å². The maximum Gasteiger partial charge on any atom is 0.410 e. The molecule has 1 saturated carbocycles. The lowest BCUT2D eigenvalue weighted by atomic mass is 9.55. The van der Waals surface area contributed by atoms with Crippen LogP contribution in [0, 0.1) is 29.0 Å². The number of oxime groups is 1. The summed E-state index contributed by atoms with van der Waals surface area (Å²) >= 11 is 0. The number of nitrogens with zero attached hydrogens (tertiary/aromatic N) is 2. The summed E-state index contributed by atoms with van der Waals surface area (Å²) in [6, 6.07) is 11.7. The lowest BCUT2D eigenvalue weighted by Crippen LogP contribution is -2.70. The van der Waals surface area contributed by atoms with Crippen molar-refractivity contribution in [2.24, 2.45) is 28.3 Å². The largest absolute Gasteiger partial charge is 0.489 e. The molecule has 6 atom stereocenters. The van der Waals surface area contributed by atoms with E-state index in [2.05, 4.69) is 12.7 Å². The molecule has 0 aromatic heterocycles. The minimum absolute atomic E-state index is 0.0474. The first-order chi connectivity index (χ1) is 27.7. The van der Waals surface area contributed by atoms with Crippen molar-refractivity contribution < 1.29 is 43.2 Å². The fourth-order valence-electron chi connectivity index (χ4n) is 8.68. The summed E-state index contributed by atoms with van der Waals surface area (Å²) in [7, 11) is 0. The van der Waals surface area contributed by atoms with Gasteiger partial charge in [0.15, 0.2) is 0 Å². The van der Waals surface area contributed by atoms with E-state index < -0.39 is 29.4 Å². The summed E-state index contributed by atoms with van der Waals surface area (Å²) in [5, 5.41) is 24.7. The van der Waals surface area contributed by atoms with E-state index in [1.165, 1.54) is 6.07 Å². The van der Waals surface area contributed by atoms with Crippen LogP contribution in [0.1, 0.15) is 117 Å². The van der Waals surface area contributed by atoms with Crippen molar-refractivity contribution in [3.8, 4) is 11.5 Å². The van der Waals surface area contributed by atoms with Gasteiger partial charge in [-0.2, -0.15) is 0 Å². The Morgan fingerprint density at radius 2 is 1.78 bits per heavy atom. The average molecular weight is 807 g/mol. The molecule has 5 rings (SSSR count). The van der Waals surface area contributed by atoms with Crippen LogP contribution in [0.3, 0.4) is 0 Å². The maximum atomic E-state index is 14.7. The lowest BCUT2D eigenvalue weighted by molar-refractivity contribution is -0.255. The van der Waals surface area contributed by atoms with Crippen molar-refractivity contribution in [2.75, 3.05) is 33.0 Å². The molecule has 1 amide bonds. The fourth-order valence-corrected chi connectivity index (χ4v) is 8.68. The lowest BCUT2D eigenvalue weighted by Gasteiger charge is -2.60. The second-order valence-corrected chi connectivity index (χ2v) is 18.2. The number of halogens is 1. The van der Waals surface area contributed by atoms with Crippen molar-refractivity contribution >= 4 is 11.8 Å². The molecule has 320 valence electrons. The number of fused-ring (bicyclic) bond motifs is 2. The number of allylic oxidation sites excluding steroid dienone is 1. The monoisotopic (exact) mass is 806 g/mol. The normalized spacial score (nSPS) is 24.6. The molecule has 0 spiro atoms. The van der Waals surface area contributed by atoms with Crippen molar-refractivity contribution in [3.63, 3.8) is 0 Å². The van der Waals surface area contributed by atoms with Gasteiger partial charge in [0.05, 0.1) is 24.8 Å². The van der Waals surface area contributed by atoms with E-state index in [9.17, 15) is 19.4 Å². The van der Waals surface area contributed by atoms with Gasteiger partial charge in [-0.1, -0.05) is 76.0 Å². The van der Waals surface area contributed by atoms with E-state index in [1.54, 1.807) is 29.2 Å². The Morgan fingerprint density at radius 1 is 1.05 bits per heavy atom. The summed E-state index contributed by atoms with van der Waals surface area (Å²) in [5.74, 6) is -1.11. The number of hydrogen-bond acceptors (Lipinski definition) is 9. The Bertz CT molecular complexity index is 1750. The van der Waals surface area contributed by atoms with E-state index in [4.69, 9.17) is 28.9 Å². The molecule has 2 aromatic carbocycles. The zero-order chi connectivity index (χ0) is 42.1. The molecule has 11 heteroatoms. The van der Waals surface area contributed by atoms with Gasteiger partial charge in [-0.05, 0) is 100.0 Å². The minimum atomic E-state index is -1.39. The van der Waals surface area contributed by atoms with E-state index in [1.807, 2.05) is 66.7 Å². The third-order valence-corrected chi connectivity index (χ3v) is 11.1. The van der Waals surface area contributed by atoms with E-state index in [-0.39, 0.29) is 68.4 Å². The SMILES string of the molecule is C=CCOC12Oc3ccc(OCc4ccccc4F)cc3C3C(CCCCO)C(CCCCO)C=C(C(=NOC(C)(C)C)CC1N(CCC)C(=O)OCC(C)(C)C)C32. The number of benzene rings is 2. The van der Waals surface area contributed by atoms with Gasteiger partial charge in [0.2, 0.25) is 5.79 Å². The van der Waals surface area contributed by atoms with E-state index in [0.717, 1.165) is 42.5 Å². The van der Waals surface area contributed by atoms with Crippen LogP contribution < -0.4 is 9.47 Å². The number of amides is 1. The first kappa shape index (κ1) is 45.2. The Hall–Kier alpha value is -3.93. The summed E-state index contributed by atoms with van der Waals surface area (Å²) in [5.41, 5.74) is 2.20. The molecule has 0 radical (unpaired) electrons. The number of unbranched alkanes of at least 4 members (excludes halogenated alkanes) is 2. The van der Waals surface area contributed by atoms with Gasteiger partial charge in [0, 0.05) is 43.2 Å². The number of aliphatic hydroxyl groups excluding tert-OH is 2. The quantitative estimate of drug-likeness (QED) is 0.0819. The average Bonchev–Trinajstić information content (AvgIpc) is 3.18. The number of hydrogen-bond donors (Lipinski definition) is 2. The van der Waals surface area contributed by atoms with E-state index >= 15 is 0 Å². The van der Waals surface area contributed by atoms with Crippen LogP contribution in [0.4, 0.5) is 9.18 Å². The van der Waals surface area contributed by atoms with Gasteiger partial charge >= 0.3 is 6.09 Å². The zero-order valence-electron chi connectivity index (χ0n) is 35.8. The van der Waals surface area contributed by atoms with Crippen LogP contribution >= 0.6 is 0 Å². The Balaban J connectivity index is 1.76. The van der Waals surface area contributed by atoms with Crippen molar-refractivity contribution in [1.82, 2.24) is 4.90 Å². The summed E-state index contributed by atoms with van der Waals surface area (Å²) in [6.07, 6.45) is 9.10. The molecule has 58 heavy (non-hydrogen) atoms. The molecule has 3 aliphatic rings. The van der Waals surface area contributed by atoms with Gasteiger partial charge in [-0.3, -0.25) is 4.90 Å². The van der Waals surface area contributed by atoms with Crippen molar-refractivity contribution in [3.05, 3.63) is 83.7 Å². The highest BCUT2D eigenvalue weighted by Gasteiger charge is 2.65. The zero-order valence-corrected chi connectivity index (χ0v) is 35.8. The highest BCUT2D eigenvalue weighted by atomic mass is 19.1.